The molecule has 1 aromatic carbocycles. The van der Waals surface area contributed by atoms with E-state index in [1.54, 1.807) is 18.3 Å². The lowest BCUT2D eigenvalue weighted by Crippen LogP contribution is -2.33. The Morgan fingerprint density at radius 3 is 2.72 bits per heavy atom. The fourth-order valence-electron chi connectivity index (χ4n) is 3.92. The summed E-state index contributed by atoms with van der Waals surface area (Å²) in [4.78, 5) is 42.4. The van der Waals surface area contributed by atoms with Crippen LogP contribution in [0.5, 0.6) is 0 Å². The van der Waals surface area contributed by atoms with Gasteiger partial charge in [0.25, 0.3) is 11.2 Å². The first-order valence-electron chi connectivity index (χ1n) is 10.5. The minimum absolute atomic E-state index is 0.0829. The fourth-order valence-corrected chi connectivity index (χ4v) is 3.92. The van der Waals surface area contributed by atoms with E-state index in [-0.39, 0.29) is 23.4 Å². The van der Waals surface area contributed by atoms with Crippen molar-refractivity contribution in [1.29, 1.82) is 0 Å². The molecule has 9 heteroatoms. The van der Waals surface area contributed by atoms with Crippen LogP contribution in [0.1, 0.15) is 41.4 Å². The minimum atomic E-state index is -0.710. The Hall–Kier alpha value is -3.75. The molecule has 0 unspecified atom stereocenters. The van der Waals surface area contributed by atoms with Gasteiger partial charge in [-0.05, 0) is 49.4 Å². The number of nitro groups is 1. The molecule has 1 fully saturated rings. The van der Waals surface area contributed by atoms with Gasteiger partial charge in [-0.25, -0.2) is 9.78 Å². The molecule has 0 spiro atoms. The summed E-state index contributed by atoms with van der Waals surface area (Å²) in [5, 5.41) is 11.7. The third kappa shape index (κ3) is 4.32. The number of esters is 1. The van der Waals surface area contributed by atoms with Crippen LogP contribution in [0, 0.1) is 23.0 Å². The van der Waals surface area contributed by atoms with E-state index in [0.29, 0.717) is 22.9 Å². The monoisotopic (exact) mass is 436 g/mol. The molecule has 0 amide bonds. The quantitative estimate of drug-likeness (QED) is 0.342. The number of hydrogen-bond acceptors (Lipinski definition) is 7. The second-order valence-corrected chi connectivity index (χ2v) is 8.18. The SMILES string of the molecule is Cc1cccn2c(=O)cc(COC(=O)c3ccc(N4CCC(C)CC4)c([N+](=O)[O-])c3)nc12. The van der Waals surface area contributed by atoms with Crippen molar-refractivity contribution in [1.82, 2.24) is 9.38 Å². The minimum Gasteiger partial charge on any atom is -0.456 e. The number of nitrogens with zero attached hydrogens (tertiary/aromatic N) is 4. The van der Waals surface area contributed by atoms with Crippen molar-refractivity contribution in [3.05, 3.63) is 79.9 Å². The van der Waals surface area contributed by atoms with Gasteiger partial charge in [-0.3, -0.25) is 19.3 Å². The van der Waals surface area contributed by atoms with Gasteiger partial charge >= 0.3 is 5.97 Å². The van der Waals surface area contributed by atoms with Crippen LogP contribution >= 0.6 is 0 Å². The van der Waals surface area contributed by atoms with Crippen molar-refractivity contribution in [3.8, 4) is 0 Å². The number of nitro benzene ring substituents is 1. The molecule has 1 aliphatic heterocycles. The molecule has 0 radical (unpaired) electrons. The Bertz CT molecular complexity index is 1240. The Kier molecular flexibility index (Phi) is 5.89. The van der Waals surface area contributed by atoms with Crippen molar-refractivity contribution in [3.63, 3.8) is 0 Å². The number of benzene rings is 1. The van der Waals surface area contributed by atoms with Gasteiger partial charge < -0.3 is 9.64 Å². The van der Waals surface area contributed by atoms with Gasteiger partial charge in [0.2, 0.25) is 0 Å². The van der Waals surface area contributed by atoms with Crippen molar-refractivity contribution >= 4 is 23.0 Å². The number of aryl methyl sites for hydroxylation is 1. The lowest BCUT2D eigenvalue weighted by molar-refractivity contribution is -0.384. The van der Waals surface area contributed by atoms with Gasteiger partial charge in [0.15, 0.2) is 0 Å². The number of pyridine rings is 1. The van der Waals surface area contributed by atoms with Gasteiger partial charge in [0.1, 0.15) is 17.9 Å². The summed E-state index contributed by atoms with van der Waals surface area (Å²) in [5.74, 6) is -0.112. The molecule has 166 valence electrons. The number of hydrogen-bond donors (Lipinski definition) is 0. The molecule has 9 nitrogen and oxygen atoms in total. The average molecular weight is 436 g/mol. The molecule has 0 N–H and O–H groups in total. The third-order valence-corrected chi connectivity index (χ3v) is 5.82. The number of piperidine rings is 1. The molecule has 1 aliphatic rings. The first-order chi connectivity index (χ1) is 15.3. The topological polar surface area (TPSA) is 107 Å². The molecule has 0 bridgehead atoms. The molecule has 4 rings (SSSR count). The van der Waals surface area contributed by atoms with E-state index in [9.17, 15) is 19.7 Å². The summed E-state index contributed by atoms with van der Waals surface area (Å²) in [5.41, 5.74) is 1.81. The number of ether oxygens (including phenoxy) is 1. The predicted octanol–water partition coefficient (Wildman–Crippen LogP) is 3.50. The number of rotatable bonds is 5. The van der Waals surface area contributed by atoms with Crippen molar-refractivity contribution < 1.29 is 14.5 Å². The summed E-state index contributed by atoms with van der Waals surface area (Å²) in [6, 6.07) is 9.29. The molecule has 32 heavy (non-hydrogen) atoms. The molecule has 0 aliphatic carbocycles. The Balaban J connectivity index is 1.53. The molecular formula is C23H24N4O5. The number of anilines is 1. The van der Waals surface area contributed by atoms with E-state index in [4.69, 9.17) is 4.74 Å². The highest BCUT2D eigenvalue weighted by Crippen LogP contribution is 2.32. The van der Waals surface area contributed by atoms with Crippen LogP contribution < -0.4 is 10.5 Å². The molecule has 1 saturated heterocycles. The zero-order valence-electron chi connectivity index (χ0n) is 18.0. The van der Waals surface area contributed by atoms with Gasteiger partial charge in [0, 0.05) is 31.4 Å². The Labute approximate surface area is 184 Å². The Morgan fingerprint density at radius 2 is 2.00 bits per heavy atom. The number of carbonyl (C=O) groups excluding carboxylic acids is 1. The standard InChI is InChI=1S/C23H24N4O5/c1-15-7-10-25(11-8-15)19-6-5-17(12-20(19)27(30)31)23(29)32-14-18-13-21(28)26-9-3-4-16(2)22(26)24-18/h3-6,9,12-13,15H,7-8,10-11,14H2,1-2H3. The summed E-state index contributed by atoms with van der Waals surface area (Å²) < 4.78 is 6.73. The van der Waals surface area contributed by atoms with Gasteiger partial charge in [-0.1, -0.05) is 13.0 Å². The predicted molar refractivity (Wildman–Crippen MR) is 119 cm³/mol. The van der Waals surface area contributed by atoms with E-state index in [1.807, 2.05) is 17.9 Å². The summed E-state index contributed by atoms with van der Waals surface area (Å²) in [7, 11) is 0. The zero-order chi connectivity index (χ0) is 22.8. The van der Waals surface area contributed by atoms with Crippen LogP contribution in [-0.2, 0) is 11.3 Å². The summed E-state index contributed by atoms with van der Waals surface area (Å²) in [6.07, 6.45) is 3.56. The third-order valence-electron chi connectivity index (χ3n) is 5.82. The van der Waals surface area contributed by atoms with Crippen LogP contribution in [0.3, 0.4) is 0 Å². The van der Waals surface area contributed by atoms with E-state index in [0.717, 1.165) is 31.5 Å². The van der Waals surface area contributed by atoms with Crippen LogP contribution in [0.15, 0.2) is 47.4 Å². The summed E-state index contributed by atoms with van der Waals surface area (Å²) in [6.45, 7) is 5.29. The van der Waals surface area contributed by atoms with Gasteiger partial charge in [0.05, 0.1) is 16.2 Å². The highest BCUT2D eigenvalue weighted by Gasteiger charge is 2.25. The lowest BCUT2D eigenvalue weighted by atomic mass is 9.98. The second-order valence-electron chi connectivity index (χ2n) is 8.18. The largest absolute Gasteiger partial charge is 0.456 e. The van der Waals surface area contributed by atoms with E-state index in [2.05, 4.69) is 11.9 Å². The highest BCUT2D eigenvalue weighted by molar-refractivity contribution is 5.91. The summed E-state index contributed by atoms with van der Waals surface area (Å²) >= 11 is 0. The first-order valence-corrected chi connectivity index (χ1v) is 10.5. The molecule has 3 aromatic rings. The maximum absolute atomic E-state index is 12.6. The van der Waals surface area contributed by atoms with Crippen LogP contribution in [0.2, 0.25) is 0 Å². The average Bonchev–Trinajstić information content (AvgIpc) is 2.78. The van der Waals surface area contributed by atoms with Crippen molar-refractivity contribution in [2.45, 2.75) is 33.3 Å². The van der Waals surface area contributed by atoms with Gasteiger partial charge in [-0.2, -0.15) is 0 Å². The van der Waals surface area contributed by atoms with Crippen LogP contribution in [0.4, 0.5) is 11.4 Å². The molecule has 3 heterocycles. The number of fused-ring (bicyclic) bond motifs is 1. The normalized spacial score (nSPS) is 14.5. The van der Waals surface area contributed by atoms with E-state index in [1.165, 1.54) is 22.6 Å². The van der Waals surface area contributed by atoms with Gasteiger partial charge in [-0.15, -0.1) is 0 Å². The zero-order valence-corrected chi connectivity index (χ0v) is 18.0. The maximum Gasteiger partial charge on any atom is 0.338 e. The fraction of sp³-hybridized carbons (Fsp3) is 0.348. The molecule has 0 atom stereocenters. The number of carbonyl (C=O) groups is 1. The lowest BCUT2D eigenvalue weighted by Gasteiger charge is -2.31. The van der Waals surface area contributed by atoms with Crippen molar-refractivity contribution in [2.75, 3.05) is 18.0 Å². The van der Waals surface area contributed by atoms with Crippen LogP contribution in [-0.4, -0.2) is 33.4 Å². The maximum atomic E-state index is 12.6. The van der Waals surface area contributed by atoms with Crippen molar-refractivity contribution in [2.24, 2.45) is 5.92 Å². The molecule has 0 saturated carbocycles. The molecular weight excluding hydrogens is 412 g/mol. The van der Waals surface area contributed by atoms with Crippen LogP contribution in [0.25, 0.3) is 5.65 Å². The van der Waals surface area contributed by atoms with E-state index >= 15 is 0 Å². The highest BCUT2D eigenvalue weighted by atomic mass is 16.6. The first kappa shape index (κ1) is 21.5. The molecule has 2 aromatic heterocycles. The Morgan fingerprint density at radius 1 is 1.25 bits per heavy atom. The van der Waals surface area contributed by atoms with E-state index < -0.39 is 10.9 Å². The second kappa shape index (κ2) is 8.78. The smallest absolute Gasteiger partial charge is 0.338 e. The number of aromatic nitrogens is 2.